The molecule has 0 amide bonds. The van der Waals surface area contributed by atoms with Crippen molar-refractivity contribution in [3.63, 3.8) is 0 Å². The van der Waals surface area contributed by atoms with Crippen molar-refractivity contribution < 1.29 is 61.8 Å². The molecule has 0 bridgehead atoms. The zero-order valence-corrected chi connectivity index (χ0v) is 81.0. The van der Waals surface area contributed by atoms with Crippen LogP contribution in [0.5, 0.6) is 0 Å². The van der Waals surface area contributed by atoms with E-state index in [4.69, 9.17) is 42.6 Å². The van der Waals surface area contributed by atoms with Gasteiger partial charge < -0.3 is 42.6 Å². The Morgan fingerprint density at radius 2 is 0.591 bits per heavy atom. The number of ether oxygens (including phenoxy) is 9. The fourth-order valence-corrected chi connectivity index (χ4v) is 13.0. The summed E-state index contributed by atoms with van der Waals surface area (Å²) < 4.78 is 57.9. The van der Waals surface area contributed by atoms with Gasteiger partial charge in [-0.1, -0.05) is 207 Å². The van der Waals surface area contributed by atoms with Crippen LogP contribution < -0.4 is 0 Å². The summed E-state index contributed by atoms with van der Waals surface area (Å²) in [7, 11) is 1.41. The number of rotatable bonds is 31. The van der Waals surface area contributed by atoms with Gasteiger partial charge in [-0.25, -0.2) is 4.79 Å². The van der Waals surface area contributed by atoms with Gasteiger partial charge in [0, 0.05) is 73.8 Å². The number of carbonyl (C=O) groups excluding carboxylic acids is 4. The van der Waals surface area contributed by atoms with Crippen LogP contribution in [0.15, 0.2) is 121 Å². The lowest BCUT2D eigenvalue weighted by molar-refractivity contribution is -0.174. The van der Waals surface area contributed by atoms with E-state index in [9.17, 15) is 40.2 Å². The van der Waals surface area contributed by atoms with Crippen molar-refractivity contribution in [2.24, 2.45) is 11.3 Å². The summed E-state index contributed by atoms with van der Waals surface area (Å²) in [5, 5.41) is 58.3. The predicted octanol–water partition coefficient (Wildman–Crippen LogP) is 22.2. The zero-order valence-electron chi connectivity index (χ0n) is 81.0. The molecule has 25 nitrogen and oxygen atoms in total. The second-order valence-electron chi connectivity index (χ2n) is 36.5. The van der Waals surface area contributed by atoms with Crippen molar-refractivity contribution in [3.8, 4) is 24.3 Å². The number of hydrogen-bond acceptors (Lipinski definition) is 21. The second kappa shape index (κ2) is 47.3. The minimum absolute atomic E-state index is 0.00198. The largest absolute Gasteiger partial charge is 0.451 e. The van der Waals surface area contributed by atoms with Crippen molar-refractivity contribution >= 4 is 69.2 Å². The number of aromatic nitrogens is 8. The lowest BCUT2D eigenvalue weighted by Gasteiger charge is -2.23. The molecule has 0 spiro atoms. The van der Waals surface area contributed by atoms with Crippen molar-refractivity contribution in [2.45, 2.75) is 306 Å². The van der Waals surface area contributed by atoms with E-state index in [2.05, 4.69) is 128 Å². The van der Waals surface area contributed by atoms with Gasteiger partial charge in [0.2, 0.25) is 25.2 Å². The summed E-state index contributed by atoms with van der Waals surface area (Å²) in [5.41, 5.74) is 14.3. The molecule has 0 fully saturated rings. The van der Waals surface area contributed by atoms with Gasteiger partial charge in [-0.3, -0.25) is 33.1 Å². The standard InChI is InChI=1S/3C26H35N3O3.C24H31N3O4/c1-10-29-22(15-17(2)28-29)23(31-18(3)32-24(30)26(7,8)9)21(16-27)19-11-13-20(14-12-19)25(4,5)6;1-9-29-23(15-18(4)28-29)25(32-19(5)31-24(30)14-17(2)3)22(16-27)20-10-12-21(13-11-20)26(6,7)8;1-8-10-11-24(30)31-19(4)32-25(23-16-18(3)28-29(23)9-2)22(17-27)20-12-14-21(15-13-20)26(5,6)7;1-8-27-21(13-16(2)26-27)23(31-17(3)30-22(28)15-29-7)20(14-25)18-9-11-19(12-10-18)24(4,5)6/h11-15,18H,10H2,1-9H3;10-13,15,17,19H,9,14H2,1-8H3;12-16,19H,8-11H2,1-7H3;9-13,17H,8,15H2,1-7H3/b23-21-;2*25-22-;23-20-. The molecule has 0 aliphatic heterocycles. The van der Waals surface area contributed by atoms with E-state index in [0.29, 0.717) is 113 Å². The maximum absolute atomic E-state index is 12.4. The first-order valence-corrected chi connectivity index (χ1v) is 43.6. The molecule has 127 heavy (non-hydrogen) atoms. The molecular weight excluding hydrogens is 1600 g/mol. The number of nitriles is 4. The molecule has 0 saturated heterocycles. The monoisotopic (exact) mass is 1740 g/mol. The zero-order chi connectivity index (χ0) is 95.4. The highest BCUT2D eigenvalue weighted by Crippen LogP contribution is 2.38. The quantitative estimate of drug-likeness (QED) is 0.0128. The summed E-state index contributed by atoms with van der Waals surface area (Å²) in [6, 6.07) is 48.2. The molecule has 8 aromatic rings. The van der Waals surface area contributed by atoms with E-state index < -0.39 is 36.5 Å². The van der Waals surface area contributed by atoms with Gasteiger partial charge in [0.1, 0.15) is 76.0 Å². The number of esters is 4. The average molecular weight is 1740 g/mol. The first-order valence-electron chi connectivity index (χ1n) is 43.6. The molecule has 4 aromatic carbocycles. The van der Waals surface area contributed by atoms with E-state index in [1.54, 1.807) is 67.2 Å². The Morgan fingerprint density at radius 3 is 0.795 bits per heavy atom. The van der Waals surface area contributed by atoms with Gasteiger partial charge in [-0.2, -0.15) is 41.4 Å². The van der Waals surface area contributed by atoms with E-state index in [1.807, 2.05) is 197 Å². The molecule has 0 aliphatic carbocycles. The van der Waals surface area contributed by atoms with E-state index >= 15 is 0 Å². The Morgan fingerprint density at radius 1 is 0.354 bits per heavy atom. The minimum Gasteiger partial charge on any atom is -0.451 e. The van der Waals surface area contributed by atoms with Crippen molar-refractivity contribution in [1.82, 2.24) is 39.1 Å². The number of carbonyl (C=O) groups is 4. The molecule has 0 saturated carbocycles. The lowest BCUT2D eigenvalue weighted by atomic mass is 9.86. The van der Waals surface area contributed by atoms with Crippen molar-refractivity contribution in [2.75, 3.05) is 13.7 Å². The van der Waals surface area contributed by atoms with Gasteiger partial charge in [0.25, 0.3) is 0 Å². The maximum Gasteiger partial charge on any atom is 0.335 e. The van der Waals surface area contributed by atoms with E-state index in [1.165, 1.54) is 23.8 Å². The first-order chi connectivity index (χ1) is 59.4. The van der Waals surface area contributed by atoms with Crippen molar-refractivity contribution in [3.05, 3.63) is 211 Å². The fraction of sp³-hybridized carbons (Fsp3) is 0.490. The molecule has 682 valence electrons. The second-order valence-corrected chi connectivity index (χ2v) is 36.5. The summed E-state index contributed by atoms with van der Waals surface area (Å²) >= 11 is 0. The van der Waals surface area contributed by atoms with Gasteiger partial charge >= 0.3 is 23.9 Å². The van der Waals surface area contributed by atoms with Gasteiger partial charge in [0.15, 0.2) is 23.0 Å². The molecule has 4 heterocycles. The Balaban J connectivity index is 0.000000300. The Labute approximate surface area is 754 Å². The molecule has 25 heteroatoms. The van der Waals surface area contributed by atoms with Crippen LogP contribution in [0.2, 0.25) is 0 Å². The highest BCUT2D eigenvalue weighted by molar-refractivity contribution is 5.97. The van der Waals surface area contributed by atoms with Crippen LogP contribution in [-0.4, -0.2) is 102 Å². The third-order valence-electron chi connectivity index (χ3n) is 19.7. The molecule has 4 atom stereocenters. The Kier molecular flexibility index (Phi) is 39.2. The highest BCUT2D eigenvalue weighted by atomic mass is 16.7. The molecule has 0 radical (unpaired) electrons. The smallest absolute Gasteiger partial charge is 0.335 e. The molecule has 4 aromatic heterocycles. The maximum atomic E-state index is 12.4. The third-order valence-corrected chi connectivity index (χ3v) is 19.7. The number of methoxy groups -OCH3 is 1. The van der Waals surface area contributed by atoms with Crippen LogP contribution in [0.4, 0.5) is 0 Å². The number of aryl methyl sites for hydroxylation is 8. The SMILES string of the molecule is CCCCC(=O)OC(C)O/C(=C(/C#N)c1ccc(C(C)(C)C)cc1)c1cc(C)nn1CC.CCn1nc(C)cc1/C(OC(C)OC(=O)C(C)(C)C)=C(\C#N)c1ccc(C(C)(C)C)cc1.CCn1nc(C)cc1/C(OC(C)OC(=O)CC(C)C)=C(\C#N)c1ccc(C(C)(C)C)cc1.CCn1nc(C)cc1/C(OC(C)OC(=O)COC)=C(\C#N)c1ccc(C(C)(C)C)cc1. The molecular formula is C102H136N12O13. The number of nitrogens with zero attached hydrogens (tertiary/aromatic N) is 12. The normalized spacial score (nSPS) is 13.4. The minimum atomic E-state index is -0.921. The molecule has 0 N–H and O–H groups in total. The molecule has 4 unspecified atom stereocenters. The summed E-state index contributed by atoms with van der Waals surface area (Å²) in [6.45, 7) is 61.3. The lowest BCUT2D eigenvalue weighted by Crippen LogP contribution is -2.28. The van der Waals surface area contributed by atoms with Crippen LogP contribution in [-0.2, 0) is 110 Å². The van der Waals surface area contributed by atoms with Crippen LogP contribution >= 0.6 is 0 Å². The van der Waals surface area contributed by atoms with Crippen LogP contribution in [0.3, 0.4) is 0 Å². The summed E-state index contributed by atoms with van der Waals surface area (Å²) in [6.07, 6.45) is -1.18. The average Bonchev–Trinajstić information content (AvgIpc) is 1.74. The number of allylic oxidation sites excluding steroid dienone is 4. The highest BCUT2D eigenvalue weighted by Gasteiger charge is 2.31. The van der Waals surface area contributed by atoms with Crippen LogP contribution in [0.1, 0.15) is 296 Å². The summed E-state index contributed by atoms with van der Waals surface area (Å²) in [4.78, 5) is 48.4. The Hall–Kier alpha value is -12.3. The summed E-state index contributed by atoms with van der Waals surface area (Å²) in [5.74, 6) is -0.0339. The van der Waals surface area contributed by atoms with Crippen LogP contribution in [0, 0.1) is 84.4 Å². The van der Waals surface area contributed by atoms with Crippen LogP contribution in [0.25, 0.3) is 45.3 Å². The number of unbranched alkanes of at least 4 members (excludes halogenated alkanes) is 1. The molecule has 0 aliphatic rings. The topological polar surface area (TPSA) is 318 Å². The van der Waals surface area contributed by atoms with Gasteiger partial charge in [-0.15, -0.1) is 0 Å². The first kappa shape index (κ1) is 105. The third kappa shape index (κ3) is 31.3. The fourth-order valence-electron chi connectivity index (χ4n) is 13.0. The van der Waals surface area contributed by atoms with Crippen molar-refractivity contribution in [1.29, 1.82) is 21.0 Å². The number of hydrogen-bond donors (Lipinski definition) is 0. The van der Waals surface area contributed by atoms with E-state index in [-0.39, 0.29) is 52.1 Å². The van der Waals surface area contributed by atoms with E-state index in [0.717, 1.165) is 57.9 Å². The molecule has 8 rings (SSSR count). The Bertz CT molecular complexity index is 5320. The van der Waals surface area contributed by atoms with Gasteiger partial charge in [-0.05, 0) is 179 Å². The van der Waals surface area contributed by atoms with Gasteiger partial charge in [0.05, 0.1) is 28.2 Å². The predicted molar refractivity (Wildman–Crippen MR) is 498 cm³/mol. The number of benzene rings is 4.